The van der Waals surface area contributed by atoms with Crippen LogP contribution >= 0.6 is 11.6 Å². The summed E-state index contributed by atoms with van der Waals surface area (Å²) in [6, 6.07) is 14.5. The Morgan fingerprint density at radius 2 is 1.96 bits per heavy atom. The Bertz CT molecular complexity index is 819. The van der Waals surface area contributed by atoms with Gasteiger partial charge in [0.25, 0.3) is 0 Å². The molecule has 0 spiro atoms. The second-order valence-electron chi connectivity index (χ2n) is 5.12. The molecule has 1 aromatic carbocycles. The number of pyridine rings is 1. The van der Waals surface area contributed by atoms with E-state index in [1.807, 2.05) is 36.4 Å². The summed E-state index contributed by atoms with van der Waals surface area (Å²) in [5.74, 6) is 0.475. The largest absolute Gasteiger partial charge is 0.334 e. The van der Waals surface area contributed by atoms with E-state index in [4.69, 9.17) is 11.6 Å². The minimum absolute atomic E-state index is 0.335. The third-order valence-corrected chi connectivity index (χ3v) is 3.70. The van der Waals surface area contributed by atoms with Gasteiger partial charge in [0.1, 0.15) is 0 Å². The van der Waals surface area contributed by atoms with Crippen molar-refractivity contribution < 1.29 is 4.79 Å². The first-order chi connectivity index (χ1) is 11.7. The van der Waals surface area contributed by atoms with E-state index >= 15 is 0 Å². The maximum absolute atomic E-state index is 11.9. The van der Waals surface area contributed by atoms with Crippen molar-refractivity contribution in [3.05, 3.63) is 77.2 Å². The summed E-state index contributed by atoms with van der Waals surface area (Å²) in [6.45, 7) is 0.893. The van der Waals surface area contributed by atoms with Gasteiger partial charge < -0.3 is 5.32 Å². The van der Waals surface area contributed by atoms with Gasteiger partial charge in [0.2, 0.25) is 0 Å². The minimum atomic E-state index is -0.335. The molecular weight excluding hydrogens is 326 g/mol. The number of hydrogen-bond donors (Lipinski definition) is 2. The summed E-state index contributed by atoms with van der Waals surface area (Å²) in [6.07, 6.45) is 3.53. The molecule has 3 aromatic rings. The molecule has 2 N–H and O–H groups in total. The van der Waals surface area contributed by atoms with Crippen LogP contribution in [-0.4, -0.2) is 20.8 Å². The van der Waals surface area contributed by atoms with Crippen molar-refractivity contribution in [2.75, 3.05) is 5.32 Å². The van der Waals surface area contributed by atoms with Crippen molar-refractivity contribution in [2.24, 2.45) is 0 Å². The lowest BCUT2D eigenvalue weighted by Crippen LogP contribution is -2.28. The number of benzene rings is 1. The second kappa shape index (κ2) is 7.61. The van der Waals surface area contributed by atoms with Gasteiger partial charge in [-0.15, -0.1) is 0 Å². The number of anilines is 1. The van der Waals surface area contributed by atoms with Gasteiger partial charge in [0.05, 0.1) is 12.2 Å². The van der Waals surface area contributed by atoms with Crippen LogP contribution in [-0.2, 0) is 13.1 Å². The Morgan fingerprint density at radius 3 is 2.75 bits per heavy atom. The smallest absolute Gasteiger partial charge is 0.320 e. The van der Waals surface area contributed by atoms with Gasteiger partial charge in [-0.3, -0.25) is 15.0 Å². The summed E-state index contributed by atoms with van der Waals surface area (Å²) >= 11 is 6.05. The minimum Gasteiger partial charge on any atom is -0.334 e. The quantitative estimate of drug-likeness (QED) is 0.748. The van der Waals surface area contributed by atoms with E-state index in [-0.39, 0.29) is 6.03 Å². The monoisotopic (exact) mass is 341 g/mol. The Hall–Kier alpha value is -2.86. The first-order valence-electron chi connectivity index (χ1n) is 7.42. The fourth-order valence-corrected chi connectivity index (χ4v) is 2.35. The van der Waals surface area contributed by atoms with E-state index < -0.39 is 0 Å². The topological polar surface area (TPSA) is 71.8 Å². The standard InChI is InChI=1S/C17H16ClN5O/c18-15-7-2-1-5-13(15)11-20-17(24)21-16-8-10-23(22-16)12-14-6-3-4-9-19-14/h1-10H,11-12H2,(H2,20,21,22,24). The van der Waals surface area contributed by atoms with Gasteiger partial charge in [-0.25, -0.2) is 4.79 Å². The Labute approximate surface area is 144 Å². The zero-order valence-electron chi connectivity index (χ0n) is 12.8. The molecule has 2 aromatic heterocycles. The second-order valence-corrected chi connectivity index (χ2v) is 5.53. The van der Waals surface area contributed by atoms with Crippen LogP contribution in [0.3, 0.4) is 0 Å². The molecule has 3 rings (SSSR count). The number of aromatic nitrogens is 3. The molecule has 0 aliphatic carbocycles. The van der Waals surface area contributed by atoms with Crippen LogP contribution in [0.15, 0.2) is 60.9 Å². The van der Waals surface area contributed by atoms with Gasteiger partial charge >= 0.3 is 6.03 Å². The zero-order valence-corrected chi connectivity index (χ0v) is 13.6. The Morgan fingerprint density at radius 1 is 1.12 bits per heavy atom. The molecule has 0 aliphatic heterocycles. The van der Waals surface area contributed by atoms with Crippen molar-refractivity contribution >= 4 is 23.4 Å². The molecule has 0 fully saturated rings. The van der Waals surface area contributed by atoms with Crippen LogP contribution in [0.2, 0.25) is 5.02 Å². The van der Waals surface area contributed by atoms with E-state index in [1.165, 1.54) is 0 Å². The zero-order chi connectivity index (χ0) is 16.8. The first-order valence-corrected chi connectivity index (χ1v) is 7.80. The summed E-state index contributed by atoms with van der Waals surface area (Å²) in [4.78, 5) is 16.2. The third-order valence-electron chi connectivity index (χ3n) is 3.33. The van der Waals surface area contributed by atoms with E-state index in [0.717, 1.165) is 11.3 Å². The highest BCUT2D eigenvalue weighted by Crippen LogP contribution is 2.14. The fourth-order valence-electron chi connectivity index (χ4n) is 2.15. The molecule has 0 unspecified atom stereocenters. The molecule has 2 amide bonds. The van der Waals surface area contributed by atoms with Crippen LogP contribution in [0, 0.1) is 0 Å². The number of nitrogens with zero attached hydrogens (tertiary/aromatic N) is 3. The van der Waals surface area contributed by atoms with Crippen molar-refractivity contribution in [1.82, 2.24) is 20.1 Å². The number of rotatable bonds is 5. The molecule has 7 heteroatoms. The summed E-state index contributed by atoms with van der Waals surface area (Å²) in [5, 5.41) is 10.4. The molecule has 24 heavy (non-hydrogen) atoms. The molecular formula is C17H16ClN5O. The molecule has 0 saturated heterocycles. The number of urea groups is 1. The van der Waals surface area contributed by atoms with E-state index in [0.29, 0.717) is 23.9 Å². The van der Waals surface area contributed by atoms with Crippen LogP contribution in [0.25, 0.3) is 0 Å². The van der Waals surface area contributed by atoms with Crippen LogP contribution in [0.4, 0.5) is 10.6 Å². The number of carbonyl (C=O) groups is 1. The lowest BCUT2D eigenvalue weighted by molar-refractivity contribution is 0.251. The normalized spacial score (nSPS) is 10.4. The van der Waals surface area contributed by atoms with Crippen LogP contribution < -0.4 is 10.6 Å². The highest BCUT2D eigenvalue weighted by atomic mass is 35.5. The molecule has 0 atom stereocenters. The summed E-state index contributed by atoms with van der Waals surface area (Å²) < 4.78 is 1.71. The average molecular weight is 342 g/mol. The summed E-state index contributed by atoms with van der Waals surface area (Å²) in [5.41, 5.74) is 1.75. The maximum Gasteiger partial charge on any atom is 0.320 e. The van der Waals surface area contributed by atoms with E-state index in [2.05, 4.69) is 20.7 Å². The highest BCUT2D eigenvalue weighted by molar-refractivity contribution is 6.31. The number of halogens is 1. The first kappa shape index (κ1) is 16.0. The predicted octanol–water partition coefficient (Wildman–Crippen LogP) is 3.30. The van der Waals surface area contributed by atoms with Crippen LogP contribution in [0.5, 0.6) is 0 Å². The fraction of sp³-hybridized carbons (Fsp3) is 0.118. The molecule has 122 valence electrons. The number of carbonyl (C=O) groups excluding carboxylic acids is 1. The van der Waals surface area contributed by atoms with Crippen molar-refractivity contribution in [3.8, 4) is 0 Å². The Kier molecular flexibility index (Phi) is 5.08. The molecule has 0 saturated carbocycles. The Balaban J connectivity index is 1.53. The van der Waals surface area contributed by atoms with Crippen molar-refractivity contribution in [3.63, 3.8) is 0 Å². The summed E-state index contributed by atoms with van der Waals surface area (Å²) in [7, 11) is 0. The third kappa shape index (κ3) is 4.33. The lowest BCUT2D eigenvalue weighted by Gasteiger charge is -2.07. The average Bonchev–Trinajstić information content (AvgIpc) is 3.02. The molecule has 2 heterocycles. The van der Waals surface area contributed by atoms with E-state index in [9.17, 15) is 4.79 Å². The lowest BCUT2D eigenvalue weighted by atomic mass is 10.2. The van der Waals surface area contributed by atoms with Crippen LogP contribution in [0.1, 0.15) is 11.3 Å². The van der Waals surface area contributed by atoms with Crippen molar-refractivity contribution in [1.29, 1.82) is 0 Å². The number of amides is 2. The predicted molar refractivity (Wildman–Crippen MR) is 92.9 cm³/mol. The van der Waals surface area contributed by atoms with Gasteiger partial charge in [-0.05, 0) is 23.8 Å². The van der Waals surface area contributed by atoms with Gasteiger partial charge in [-0.1, -0.05) is 35.9 Å². The van der Waals surface area contributed by atoms with Gasteiger partial charge in [0, 0.05) is 30.0 Å². The highest BCUT2D eigenvalue weighted by Gasteiger charge is 2.06. The van der Waals surface area contributed by atoms with E-state index in [1.54, 1.807) is 29.2 Å². The molecule has 0 radical (unpaired) electrons. The molecule has 0 aliphatic rings. The van der Waals surface area contributed by atoms with Gasteiger partial charge in [0.15, 0.2) is 5.82 Å². The molecule has 0 bridgehead atoms. The SMILES string of the molecule is O=C(NCc1ccccc1Cl)Nc1ccn(Cc2ccccn2)n1. The number of nitrogens with one attached hydrogen (secondary N) is 2. The van der Waals surface area contributed by atoms with Gasteiger partial charge in [-0.2, -0.15) is 5.10 Å². The number of hydrogen-bond acceptors (Lipinski definition) is 3. The maximum atomic E-state index is 11.9. The molecule has 6 nitrogen and oxygen atoms in total. The van der Waals surface area contributed by atoms with Crippen molar-refractivity contribution in [2.45, 2.75) is 13.1 Å².